The molecule has 0 aliphatic carbocycles. The van der Waals surface area contributed by atoms with Gasteiger partial charge in [0.25, 0.3) is 0 Å². The zero-order valence-electron chi connectivity index (χ0n) is 18.0. The second-order valence-corrected chi connectivity index (χ2v) is 10.8. The first-order valence-corrected chi connectivity index (χ1v) is 12.5. The molecule has 7 nitrogen and oxygen atoms in total. The number of amides is 2. The van der Waals surface area contributed by atoms with Crippen LogP contribution in [-0.4, -0.2) is 33.3 Å². The molecule has 166 valence electrons. The van der Waals surface area contributed by atoms with Gasteiger partial charge in [0.2, 0.25) is 0 Å². The summed E-state index contributed by atoms with van der Waals surface area (Å²) in [5, 5.41) is 0. The predicted molar refractivity (Wildman–Crippen MR) is 124 cm³/mol. The molecule has 4 N–H and O–H groups in total. The van der Waals surface area contributed by atoms with Crippen LogP contribution in [0.3, 0.4) is 0 Å². The van der Waals surface area contributed by atoms with E-state index in [0.29, 0.717) is 18.7 Å². The van der Waals surface area contributed by atoms with Gasteiger partial charge in [0.1, 0.15) is 12.3 Å². The normalized spacial score (nSPS) is 25.5. The molecular formula is C23H31N4O3S+. The summed E-state index contributed by atoms with van der Waals surface area (Å²) in [6.45, 7) is 3.52. The van der Waals surface area contributed by atoms with Crippen LogP contribution in [0.5, 0.6) is 0 Å². The van der Waals surface area contributed by atoms with Crippen LogP contribution < -0.4 is 20.3 Å². The molecule has 2 aliphatic rings. The fourth-order valence-electron chi connectivity index (χ4n) is 5.14. The summed E-state index contributed by atoms with van der Waals surface area (Å²) in [6.07, 6.45) is 3.70. The van der Waals surface area contributed by atoms with Crippen molar-refractivity contribution >= 4 is 27.4 Å². The molecule has 2 fully saturated rings. The molecule has 2 amide bonds. The smallest absolute Gasteiger partial charge is 0.364 e. The number of nitrogens with zero attached hydrogens (tertiary/aromatic N) is 2. The summed E-state index contributed by atoms with van der Waals surface area (Å²) >= 11 is 0. The molecule has 2 atom stereocenters. The summed E-state index contributed by atoms with van der Waals surface area (Å²) < 4.78 is 24.9. The Morgan fingerprint density at radius 3 is 2.61 bits per heavy atom. The van der Waals surface area contributed by atoms with Crippen molar-refractivity contribution in [3.05, 3.63) is 59.2 Å². The van der Waals surface area contributed by atoms with Crippen LogP contribution in [0.25, 0.3) is 0 Å². The number of quaternary nitrogens is 1. The number of carbonyl (C=O) groups excluding carboxylic acids is 1. The van der Waals surface area contributed by atoms with Crippen molar-refractivity contribution in [2.24, 2.45) is 11.5 Å². The average Bonchev–Trinajstić information content (AvgIpc) is 3.09. The first-order chi connectivity index (χ1) is 14.8. The Bertz CT molecular complexity index is 1100. The van der Waals surface area contributed by atoms with Gasteiger partial charge in [-0.1, -0.05) is 18.2 Å². The Morgan fingerprint density at radius 1 is 1.16 bits per heavy atom. The maximum Gasteiger partial charge on any atom is 0.434 e. The van der Waals surface area contributed by atoms with Gasteiger partial charge in [-0.25, -0.2) is 4.79 Å². The SMILES string of the molecule is Cc1cc(C2CCCCN2c2cccc(CN)c2)ccc1[N+]1(C(N)=O)CCCS1(=O)=O. The van der Waals surface area contributed by atoms with Crippen molar-refractivity contribution in [3.63, 3.8) is 0 Å². The van der Waals surface area contributed by atoms with E-state index in [-0.39, 0.29) is 18.3 Å². The van der Waals surface area contributed by atoms with Gasteiger partial charge in [0, 0.05) is 36.8 Å². The molecule has 0 spiro atoms. The number of aryl methyl sites for hydroxylation is 1. The fraction of sp³-hybridized carbons (Fsp3) is 0.435. The van der Waals surface area contributed by atoms with Crippen LogP contribution >= 0.6 is 0 Å². The molecule has 8 heteroatoms. The Balaban J connectivity index is 1.73. The fourth-order valence-corrected chi connectivity index (χ4v) is 7.13. The molecule has 2 aromatic carbocycles. The van der Waals surface area contributed by atoms with Crippen LogP contribution in [0, 0.1) is 6.92 Å². The van der Waals surface area contributed by atoms with Gasteiger partial charge in [-0.3, -0.25) is 0 Å². The van der Waals surface area contributed by atoms with E-state index >= 15 is 0 Å². The minimum atomic E-state index is -3.68. The molecule has 0 radical (unpaired) electrons. The summed E-state index contributed by atoms with van der Waals surface area (Å²) in [4.78, 5) is 14.8. The summed E-state index contributed by atoms with van der Waals surface area (Å²) in [5.74, 6) is -0.0228. The highest BCUT2D eigenvalue weighted by Crippen LogP contribution is 2.40. The molecule has 31 heavy (non-hydrogen) atoms. The third-order valence-corrected chi connectivity index (χ3v) is 9.00. The number of rotatable bonds is 4. The topological polar surface area (TPSA) is 106 Å². The second kappa shape index (κ2) is 8.26. The lowest BCUT2D eigenvalue weighted by Gasteiger charge is -2.38. The number of anilines is 1. The standard InChI is InChI=1S/C23H30N4O3S/c1-17-14-19(9-10-22(17)27(23(25)28)12-5-13-31(27,29)30)21-8-2-3-11-26(21)20-7-4-6-18(15-20)16-24/h4,6-7,9-10,14-15,21H,2-3,5,8,11-13,16,24H2,1H3,(H-,25,28)/p+1. The predicted octanol–water partition coefficient (Wildman–Crippen LogP) is 3.30. The molecule has 4 rings (SSSR count). The summed E-state index contributed by atoms with van der Waals surface area (Å²) in [6, 6.07) is 13.5. The maximum atomic E-state index is 12.8. The van der Waals surface area contributed by atoms with E-state index in [2.05, 4.69) is 17.0 Å². The Morgan fingerprint density at radius 2 is 1.97 bits per heavy atom. The van der Waals surface area contributed by atoms with E-state index in [1.165, 1.54) is 0 Å². The molecule has 0 aromatic heterocycles. The van der Waals surface area contributed by atoms with Gasteiger partial charge in [-0.05, 0) is 55.5 Å². The lowest BCUT2D eigenvalue weighted by molar-refractivity contribution is 0.234. The molecular weight excluding hydrogens is 412 g/mol. The van der Waals surface area contributed by atoms with Crippen LogP contribution in [0.15, 0.2) is 42.5 Å². The van der Waals surface area contributed by atoms with Gasteiger partial charge >= 0.3 is 16.1 Å². The maximum absolute atomic E-state index is 12.8. The summed E-state index contributed by atoms with van der Waals surface area (Å²) in [5.41, 5.74) is 16.1. The van der Waals surface area contributed by atoms with Gasteiger partial charge in [-0.15, -0.1) is 3.89 Å². The highest BCUT2D eigenvalue weighted by Gasteiger charge is 2.54. The average molecular weight is 444 g/mol. The van der Waals surface area contributed by atoms with E-state index in [1.807, 2.05) is 31.2 Å². The number of urea groups is 1. The number of sulfonamides is 1. The minimum Gasteiger partial charge on any atom is -0.364 e. The van der Waals surface area contributed by atoms with Crippen molar-refractivity contribution in [1.29, 1.82) is 0 Å². The Hall–Kier alpha value is -2.42. The first-order valence-electron chi connectivity index (χ1n) is 10.9. The van der Waals surface area contributed by atoms with E-state index in [1.54, 1.807) is 6.07 Å². The van der Waals surface area contributed by atoms with Crippen LogP contribution in [0.4, 0.5) is 16.2 Å². The third-order valence-electron chi connectivity index (χ3n) is 6.68. The number of nitrogens with two attached hydrogens (primary N) is 2. The van der Waals surface area contributed by atoms with Gasteiger partial charge in [-0.2, -0.15) is 8.42 Å². The Labute approximate surface area is 184 Å². The quantitative estimate of drug-likeness (QED) is 0.705. The number of carbonyl (C=O) groups is 1. The van der Waals surface area contributed by atoms with Gasteiger partial charge in [0.05, 0.1) is 6.04 Å². The van der Waals surface area contributed by atoms with Crippen LogP contribution in [0.1, 0.15) is 48.4 Å². The van der Waals surface area contributed by atoms with Crippen LogP contribution in [-0.2, 0) is 16.6 Å². The lowest BCUT2D eigenvalue weighted by atomic mass is 9.93. The molecule has 2 heterocycles. The molecule has 2 saturated heterocycles. The number of benzene rings is 2. The van der Waals surface area contributed by atoms with Crippen molar-refractivity contribution in [3.8, 4) is 0 Å². The minimum absolute atomic E-state index is 0.0228. The van der Waals surface area contributed by atoms with Gasteiger partial charge < -0.3 is 16.4 Å². The third kappa shape index (κ3) is 3.62. The van der Waals surface area contributed by atoms with E-state index < -0.39 is 19.9 Å². The van der Waals surface area contributed by atoms with Crippen molar-refractivity contribution < 1.29 is 13.2 Å². The highest BCUT2D eigenvalue weighted by atomic mass is 32.2. The van der Waals surface area contributed by atoms with Crippen molar-refractivity contribution in [2.75, 3.05) is 23.7 Å². The zero-order chi connectivity index (χ0) is 22.2. The zero-order valence-corrected chi connectivity index (χ0v) is 18.8. The Kier molecular flexibility index (Phi) is 5.81. The largest absolute Gasteiger partial charge is 0.434 e. The number of hydrogen-bond donors (Lipinski definition) is 2. The number of piperidine rings is 1. The summed E-state index contributed by atoms with van der Waals surface area (Å²) in [7, 11) is -3.68. The number of primary amides is 1. The molecule has 2 aromatic rings. The van der Waals surface area contributed by atoms with E-state index in [4.69, 9.17) is 11.5 Å². The molecule has 0 bridgehead atoms. The highest BCUT2D eigenvalue weighted by molar-refractivity contribution is 7.91. The second-order valence-electron chi connectivity index (χ2n) is 8.57. The first kappa shape index (κ1) is 21.8. The lowest BCUT2D eigenvalue weighted by Crippen LogP contribution is -2.58. The monoisotopic (exact) mass is 443 g/mol. The van der Waals surface area contributed by atoms with Crippen molar-refractivity contribution in [1.82, 2.24) is 3.89 Å². The van der Waals surface area contributed by atoms with Crippen molar-refractivity contribution in [2.45, 2.75) is 45.2 Å². The van der Waals surface area contributed by atoms with Gasteiger partial charge in [0.15, 0.2) is 5.69 Å². The molecule has 2 unspecified atom stereocenters. The van der Waals surface area contributed by atoms with E-state index in [9.17, 15) is 13.2 Å². The van der Waals surface area contributed by atoms with Crippen LogP contribution in [0.2, 0.25) is 0 Å². The van der Waals surface area contributed by atoms with E-state index in [0.717, 1.165) is 48.2 Å². The molecule has 0 saturated carbocycles. The number of hydrogen-bond acceptors (Lipinski definition) is 5. The molecule has 2 aliphatic heterocycles.